The Kier molecular flexibility index (Phi) is 12.8. The van der Waals surface area contributed by atoms with Crippen molar-refractivity contribution in [2.45, 2.75) is 63.6 Å². The Balaban J connectivity index is 0.00000210. The van der Waals surface area contributed by atoms with E-state index in [0.717, 1.165) is 71.2 Å². The van der Waals surface area contributed by atoms with E-state index < -0.39 is 0 Å². The van der Waals surface area contributed by atoms with E-state index in [0.29, 0.717) is 12.6 Å². The Morgan fingerprint density at radius 2 is 1.83 bits per heavy atom. The van der Waals surface area contributed by atoms with Crippen molar-refractivity contribution in [2.24, 2.45) is 11.7 Å². The highest BCUT2D eigenvalue weighted by molar-refractivity contribution is 5.85. The number of nitrogens with two attached hydrogens (primary N) is 1. The summed E-state index contributed by atoms with van der Waals surface area (Å²) in [5.41, 5.74) is 7.35. The first-order chi connectivity index (χ1) is 13.2. The van der Waals surface area contributed by atoms with Gasteiger partial charge in [0.1, 0.15) is 0 Å². The van der Waals surface area contributed by atoms with Gasteiger partial charge in [-0.25, -0.2) is 0 Å². The van der Waals surface area contributed by atoms with Crippen molar-refractivity contribution in [1.82, 2.24) is 10.2 Å². The SMILES string of the molecule is Cl.Cl.NC1CCCC(C(=O)NCCCOC2CCN(Cc3ccccc3)CC2)C1. The molecule has 5 nitrogen and oxygen atoms in total. The summed E-state index contributed by atoms with van der Waals surface area (Å²) < 4.78 is 6.03. The maximum Gasteiger partial charge on any atom is 0.223 e. The number of ether oxygens (including phenoxy) is 1. The average Bonchev–Trinajstić information content (AvgIpc) is 2.69. The number of likely N-dealkylation sites (tertiary alicyclic amines) is 1. The van der Waals surface area contributed by atoms with Gasteiger partial charge in [-0.15, -0.1) is 24.8 Å². The van der Waals surface area contributed by atoms with Crippen molar-refractivity contribution in [1.29, 1.82) is 0 Å². The van der Waals surface area contributed by atoms with Gasteiger partial charge < -0.3 is 15.8 Å². The summed E-state index contributed by atoms with van der Waals surface area (Å²) in [5, 5.41) is 3.06. The second kappa shape index (κ2) is 14.2. The second-order valence-corrected chi connectivity index (χ2v) is 8.10. The third kappa shape index (κ3) is 9.22. The summed E-state index contributed by atoms with van der Waals surface area (Å²) >= 11 is 0. The second-order valence-electron chi connectivity index (χ2n) is 8.10. The molecule has 0 radical (unpaired) electrons. The Morgan fingerprint density at radius 3 is 2.52 bits per heavy atom. The van der Waals surface area contributed by atoms with Crippen molar-refractivity contribution in [3.05, 3.63) is 35.9 Å². The lowest BCUT2D eigenvalue weighted by molar-refractivity contribution is -0.126. The third-order valence-corrected chi connectivity index (χ3v) is 5.84. The van der Waals surface area contributed by atoms with Gasteiger partial charge in [0, 0.05) is 44.7 Å². The minimum atomic E-state index is 0. The molecule has 7 heteroatoms. The van der Waals surface area contributed by atoms with Gasteiger partial charge in [0.05, 0.1) is 6.10 Å². The molecule has 1 aliphatic carbocycles. The van der Waals surface area contributed by atoms with E-state index >= 15 is 0 Å². The van der Waals surface area contributed by atoms with Crippen LogP contribution in [0.15, 0.2) is 30.3 Å². The number of benzene rings is 1. The summed E-state index contributed by atoms with van der Waals surface area (Å²) in [5.74, 6) is 0.294. The van der Waals surface area contributed by atoms with Gasteiger partial charge in [0.15, 0.2) is 0 Å². The fourth-order valence-electron chi connectivity index (χ4n) is 4.22. The predicted molar refractivity (Wildman–Crippen MR) is 123 cm³/mol. The fraction of sp³-hybridized carbons (Fsp3) is 0.682. The molecule has 2 fully saturated rings. The van der Waals surface area contributed by atoms with Crippen LogP contribution in [0.5, 0.6) is 0 Å². The van der Waals surface area contributed by atoms with Crippen molar-refractivity contribution >= 4 is 30.7 Å². The fourth-order valence-corrected chi connectivity index (χ4v) is 4.22. The molecule has 1 aromatic carbocycles. The number of hydrogen-bond acceptors (Lipinski definition) is 4. The third-order valence-electron chi connectivity index (χ3n) is 5.84. The van der Waals surface area contributed by atoms with Crippen LogP contribution in [0.25, 0.3) is 0 Å². The molecular formula is C22H37Cl2N3O2. The lowest BCUT2D eigenvalue weighted by Gasteiger charge is -2.32. The molecule has 2 atom stereocenters. The highest BCUT2D eigenvalue weighted by atomic mass is 35.5. The van der Waals surface area contributed by atoms with Crippen molar-refractivity contribution in [3.8, 4) is 0 Å². The molecule has 166 valence electrons. The number of amides is 1. The monoisotopic (exact) mass is 445 g/mol. The average molecular weight is 446 g/mol. The van der Waals surface area contributed by atoms with Crippen molar-refractivity contribution < 1.29 is 9.53 Å². The molecule has 0 spiro atoms. The zero-order valence-corrected chi connectivity index (χ0v) is 18.9. The van der Waals surface area contributed by atoms with Crippen LogP contribution in [0.1, 0.15) is 50.5 Å². The number of carbonyl (C=O) groups is 1. The van der Waals surface area contributed by atoms with Gasteiger partial charge in [0.2, 0.25) is 5.91 Å². The normalized spacial score (nSPS) is 22.9. The summed E-state index contributed by atoms with van der Waals surface area (Å²) in [7, 11) is 0. The molecule has 1 saturated heterocycles. The summed E-state index contributed by atoms with van der Waals surface area (Å²) in [6, 6.07) is 10.9. The van der Waals surface area contributed by atoms with Crippen LogP contribution in [0.4, 0.5) is 0 Å². The molecule has 29 heavy (non-hydrogen) atoms. The zero-order chi connectivity index (χ0) is 18.9. The quantitative estimate of drug-likeness (QED) is 0.600. The number of carbonyl (C=O) groups excluding carboxylic acids is 1. The summed E-state index contributed by atoms with van der Waals surface area (Å²) in [6.07, 6.45) is 7.39. The Hall–Kier alpha value is -0.850. The van der Waals surface area contributed by atoms with Crippen LogP contribution in [0.2, 0.25) is 0 Å². The molecule has 3 rings (SSSR count). The largest absolute Gasteiger partial charge is 0.378 e. The van der Waals surface area contributed by atoms with Gasteiger partial charge in [-0.1, -0.05) is 36.8 Å². The van der Waals surface area contributed by atoms with Crippen molar-refractivity contribution in [3.63, 3.8) is 0 Å². The van der Waals surface area contributed by atoms with E-state index in [2.05, 4.69) is 40.5 Å². The Labute approximate surface area is 187 Å². The van der Waals surface area contributed by atoms with Gasteiger partial charge in [-0.3, -0.25) is 9.69 Å². The van der Waals surface area contributed by atoms with Gasteiger partial charge in [-0.05, 0) is 44.1 Å². The van der Waals surface area contributed by atoms with Gasteiger partial charge in [0.25, 0.3) is 0 Å². The van der Waals surface area contributed by atoms with E-state index in [1.807, 2.05) is 0 Å². The number of piperidine rings is 1. The Bertz CT molecular complexity index is 568. The number of halogens is 2. The van der Waals surface area contributed by atoms with Crippen LogP contribution in [0, 0.1) is 5.92 Å². The highest BCUT2D eigenvalue weighted by Crippen LogP contribution is 2.23. The number of hydrogen-bond donors (Lipinski definition) is 2. The van der Waals surface area contributed by atoms with Crippen LogP contribution >= 0.6 is 24.8 Å². The molecule has 3 N–H and O–H groups in total. The molecule has 0 bridgehead atoms. The molecule has 2 aliphatic rings. The molecule has 1 saturated carbocycles. The smallest absolute Gasteiger partial charge is 0.223 e. The zero-order valence-electron chi connectivity index (χ0n) is 17.3. The summed E-state index contributed by atoms with van der Waals surface area (Å²) in [6.45, 7) is 4.66. The van der Waals surface area contributed by atoms with Crippen LogP contribution in [-0.4, -0.2) is 49.2 Å². The number of nitrogens with zero attached hydrogens (tertiary/aromatic N) is 1. The van der Waals surface area contributed by atoms with Gasteiger partial charge >= 0.3 is 0 Å². The van der Waals surface area contributed by atoms with Crippen LogP contribution < -0.4 is 11.1 Å². The standard InChI is InChI=1S/C22H35N3O2.2ClH/c23-20-9-4-8-19(16-20)22(26)24-12-5-15-27-21-10-13-25(14-11-21)17-18-6-2-1-3-7-18;;/h1-3,6-7,19-21H,4-5,8-17,23H2,(H,24,26);2*1H. The maximum absolute atomic E-state index is 12.2. The molecule has 0 aromatic heterocycles. The number of nitrogens with one attached hydrogen (secondary N) is 1. The van der Waals surface area contributed by atoms with E-state index in [4.69, 9.17) is 10.5 Å². The molecule has 1 heterocycles. The topological polar surface area (TPSA) is 67.6 Å². The number of rotatable bonds is 8. The highest BCUT2D eigenvalue weighted by Gasteiger charge is 2.25. The molecule has 1 aliphatic heterocycles. The summed E-state index contributed by atoms with van der Waals surface area (Å²) in [4.78, 5) is 14.7. The van der Waals surface area contributed by atoms with Crippen molar-refractivity contribution in [2.75, 3.05) is 26.2 Å². The van der Waals surface area contributed by atoms with E-state index in [1.54, 1.807) is 0 Å². The van der Waals surface area contributed by atoms with E-state index in [9.17, 15) is 4.79 Å². The first-order valence-electron chi connectivity index (χ1n) is 10.6. The molecule has 2 unspecified atom stereocenters. The lowest BCUT2D eigenvalue weighted by Crippen LogP contribution is -2.38. The van der Waals surface area contributed by atoms with E-state index in [1.165, 1.54) is 5.56 Å². The van der Waals surface area contributed by atoms with E-state index in [-0.39, 0.29) is 42.7 Å². The molecule has 1 amide bonds. The lowest BCUT2D eigenvalue weighted by atomic mass is 9.85. The predicted octanol–water partition coefficient (Wildman–Crippen LogP) is 3.54. The Morgan fingerprint density at radius 1 is 1.10 bits per heavy atom. The first kappa shape index (κ1) is 26.2. The molecule has 1 aromatic rings. The van der Waals surface area contributed by atoms with Gasteiger partial charge in [-0.2, -0.15) is 0 Å². The minimum Gasteiger partial charge on any atom is -0.378 e. The first-order valence-corrected chi connectivity index (χ1v) is 10.6. The molecular weight excluding hydrogens is 409 g/mol. The maximum atomic E-state index is 12.2. The van der Waals surface area contributed by atoms with Crippen LogP contribution in [-0.2, 0) is 16.1 Å². The van der Waals surface area contributed by atoms with Crippen LogP contribution in [0.3, 0.4) is 0 Å². The minimum absolute atomic E-state index is 0.